The summed E-state index contributed by atoms with van der Waals surface area (Å²) in [6.45, 7) is 5.97. The third-order valence-corrected chi connectivity index (χ3v) is 5.12. The van der Waals surface area contributed by atoms with Crippen molar-refractivity contribution in [2.24, 2.45) is 0 Å². The van der Waals surface area contributed by atoms with Crippen LogP contribution in [0.1, 0.15) is 26.5 Å². The smallest absolute Gasteiger partial charge is 0.266 e. The summed E-state index contributed by atoms with van der Waals surface area (Å²) >= 11 is 11.9. The molecule has 1 heterocycles. The van der Waals surface area contributed by atoms with E-state index in [4.69, 9.17) is 23.2 Å². The predicted octanol–water partition coefficient (Wildman–Crippen LogP) is 3.81. The molecule has 0 radical (unpaired) electrons. The van der Waals surface area contributed by atoms with Crippen LogP contribution >= 0.6 is 23.2 Å². The number of hydrogen-bond donors (Lipinski definition) is 2. The zero-order valence-electron chi connectivity index (χ0n) is 11.7. The summed E-state index contributed by atoms with van der Waals surface area (Å²) in [4.78, 5) is -0.159. The van der Waals surface area contributed by atoms with E-state index in [9.17, 15) is 8.42 Å². The zero-order chi connectivity index (χ0) is 15.8. The number of aromatic nitrogens is 2. The maximum absolute atomic E-state index is 12.4. The first-order chi connectivity index (χ1) is 9.61. The van der Waals surface area contributed by atoms with E-state index in [0.717, 1.165) is 5.69 Å². The lowest BCUT2D eigenvalue weighted by Crippen LogP contribution is -2.14. The Morgan fingerprint density at radius 3 is 2.24 bits per heavy atom. The van der Waals surface area contributed by atoms with E-state index < -0.39 is 10.0 Å². The van der Waals surface area contributed by atoms with Gasteiger partial charge in [0.05, 0.1) is 10.0 Å². The second-order valence-electron chi connectivity index (χ2n) is 5.57. The topological polar surface area (TPSA) is 74.8 Å². The minimum Gasteiger partial charge on any atom is -0.280 e. The predicted molar refractivity (Wildman–Crippen MR) is 84.6 cm³/mol. The van der Waals surface area contributed by atoms with Crippen LogP contribution < -0.4 is 4.72 Å². The van der Waals surface area contributed by atoms with Gasteiger partial charge in [-0.05, 0) is 12.1 Å². The van der Waals surface area contributed by atoms with Crippen molar-refractivity contribution in [3.8, 4) is 0 Å². The van der Waals surface area contributed by atoms with Crippen LogP contribution in [-0.4, -0.2) is 18.6 Å². The minimum atomic E-state index is -3.90. The second kappa shape index (κ2) is 5.51. The van der Waals surface area contributed by atoms with E-state index in [1.807, 2.05) is 20.8 Å². The number of hydrogen-bond acceptors (Lipinski definition) is 3. The molecule has 0 aliphatic heterocycles. The van der Waals surface area contributed by atoms with Crippen LogP contribution in [0.2, 0.25) is 10.0 Å². The molecule has 0 bridgehead atoms. The van der Waals surface area contributed by atoms with Crippen LogP contribution in [0.4, 0.5) is 5.82 Å². The highest BCUT2D eigenvalue weighted by Gasteiger charge is 2.24. The van der Waals surface area contributed by atoms with Crippen LogP contribution in [0.15, 0.2) is 29.2 Å². The highest BCUT2D eigenvalue weighted by molar-refractivity contribution is 7.93. The largest absolute Gasteiger partial charge is 0.280 e. The van der Waals surface area contributed by atoms with Gasteiger partial charge in [0.15, 0.2) is 5.82 Å². The Bertz CT molecular complexity index is 744. The van der Waals surface area contributed by atoms with Gasteiger partial charge >= 0.3 is 0 Å². The van der Waals surface area contributed by atoms with E-state index in [1.165, 1.54) is 12.1 Å². The third kappa shape index (κ3) is 3.51. The average molecular weight is 348 g/mol. The molecule has 2 N–H and O–H groups in total. The van der Waals surface area contributed by atoms with E-state index in [0.29, 0.717) is 0 Å². The van der Waals surface area contributed by atoms with Crippen LogP contribution in [0, 0.1) is 0 Å². The molecule has 0 saturated carbocycles. The molecule has 5 nitrogen and oxygen atoms in total. The molecular formula is C13H15Cl2N3O2S. The van der Waals surface area contributed by atoms with Crippen molar-refractivity contribution in [3.63, 3.8) is 0 Å². The Morgan fingerprint density at radius 2 is 1.76 bits per heavy atom. The molecule has 114 valence electrons. The molecule has 21 heavy (non-hydrogen) atoms. The van der Waals surface area contributed by atoms with Crippen LogP contribution in [-0.2, 0) is 15.4 Å². The van der Waals surface area contributed by atoms with Crippen LogP contribution in [0.25, 0.3) is 0 Å². The second-order valence-corrected chi connectivity index (χ2v) is 8.01. The van der Waals surface area contributed by atoms with Crippen molar-refractivity contribution in [2.45, 2.75) is 31.1 Å². The Hall–Kier alpha value is -1.24. The van der Waals surface area contributed by atoms with Gasteiger partial charge in [-0.1, -0.05) is 50.0 Å². The molecule has 0 amide bonds. The number of nitrogens with zero attached hydrogens (tertiary/aromatic N) is 1. The normalized spacial score (nSPS) is 12.4. The zero-order valence-corrected chi connectivity index (χ0v) is 14.1. The van der Waals surface area contributed by atoms with Crippen LogP contribution in [0.5, 0.6) is 0 Å². The summed E-state index contributed by atoms with van der Waals surface area (Å²) in [5.41, 5.74) is 0.643. The number of H-pyrrole nitrogens is 1. The lowest BCUT2D eigenvalue weighted by Gasteiger charge is -2.14. The van der Waals surface area contributed by atoms with Gasteiger partial charge in [0.1, 0.15) is 4.90 Å². The average Bonchev–Trinajstić information content (AvgIpc) is 2.75. The Kier molecular flexibility index (Phi) is 4.24. The summed E-state index contributed by atoms with van der Waals surface area (Å²) in [5, 5.41) is 6.87. The molecule has 0 saturated heterocycles. The Labute approximate surface area is 133 Å². The maximum atomic E-state index is 12.4. The van der Waals surface area contributed by atoms with Crippen molar-refractivity contribution in [3.05, 3.63) is 40.0 Å². The van der Waals surface area contributed by atoms with Crippen molar-refractivity contribution < 1.29 is 8.42 Å². The van der Waals surface area contributed by atoms with E-state index >= 15 is 0 Å². The molecule has 2 aromatic rings. The van der Waals surface area contributed by atoms with Gasteiger partial charge in [-0.25, -0.2) is 8.42 Å². The molecule has 2 rings (SSSR count). The fourth-order valence-electron chi connectivity index (χ4n) is 1.69. The molecule has 0 aliphatic carbocycles. The quantitative estimate of drug-likeness (QED) is 0.886. The lowest BCUT2D eigenvalue weighted by atomic mass is 9.92. The minimum absolute atomic E-state index is 0.0570. The molecular weight excluding hydrogens is 333 g/mol. The molecule has 0 aliphatic rings. The van der Waals surface area contributed by atoms with Gasteiger partial charge in [-0.15, -0.1) is 0 Å². The van der Waals surface area contributed by atoms with E-state index in [-0.39, 0.29) is 26.2 Å². The van der Waals surface area contributed by atoms with Gasteiger partial charge < -0.3 is 0 Å². The molecule has 0 atom stereocenters. The fourth-order valence-corrected chi connectivity index (χ4v) is 3.82. The Balaban J connectivity index is 2.36. The first-order valence-corrected chi connectivity index (χ1v) is 8.38. The van der Waals surface area contributed by atoms with Gasteiger partial charge in [-0.2, -0.15) is 5.10 Å². The first kappa shape index (κ1) is 16.1. The number of nitrogens with one attached hydrogen (secondary N) is 2. The number of anilines is 1. The first-order valence-electron chi connectivity index (χ1n) is 6.14. The van der Waals surface area contributed by atoms with Crippen molar-refractivity contribution in [1.82, 2.24) is 10.2 Å². The fraction of sp³-hybridized carbons (Fsp3) is 0.308. The maximum Gasteiger partial charge on any atom is 0.266 e. The standard InChI is InChI=1S/C13H15Cl2N3O2S/c1-13(2,3)10-7-11(17-16-10)18-21(19,20)12-8(14)5-4-6-9(12)15/h4-7H,1-3H3,(H2,16,17,18). The van der Waals surface area contributed by atoms with Crippen molar-refractivity contribution in [1.29, 1.82) is 0 Å². The monoisotopic (exact) mass is 347 g/mol. The summed E-state index contributed by atoms with van der Waals surface area (Å²) in [6.07, 6.45) is 0. The molecule has 1 aromatic carbocycles. The number of aromatic amines is 1. The van der Waals surface area contributed by atoms with Crippen molar-refractivity contribution >= 4 is 39.0 Å². The number of sulfonamides is 1. The van der Waals surface area contributed by atoms with Crippen molar-refractivity contribution in [2.75, 3.05) is 4.72 Å². The molecule has 8 heteroatoms. The van der Waals surface area contributed by atoms with Crippen LogP contribution in [0.3, 0.4) is 0 Å². The Morgan fingerprint density at radius 1 is 1.19 bits per heavy atom. The SMILES string of the molecule is CC(C)(C)c1cc(NS(=O)(=O)c2c(Cl)cccc2Cl)n[nH]1. The third-order valence-electron chi connectivity index (χ3n) is 2.81. The highest BCUT2D eigenvalue weighted by atomic mass is 35.5. The summed E-state index contributed by atoms with van der Waals surface area (Å²) in [5.74, 6) is 0.191. The molecule has 0 spiro atoms. The van der Waals surface area contributed by atoms with Gasteiger partial charge in [0, 0.05) is 17.2 Å². The summed E-state index contributed by atoms with van der Waals surface area (Å²) in [7, 11) is -3.90. The number of rotatable bonds is 3. The number of halogens is 2. The van der Waals surface area contributed by atoms with E-state index in [2.05, 4.69) is 14.9 Å². The van der Waals surface area contributed by atoms with Gasteiger partial charge in [0.25, 0.3) is 10.0 Å². The number of benzene rings is 1. The summed E-state index contributed by atoms with van der Waals surface area (Å²) in [6, 6.07) is 6.15. The van der Waals surface area contributed by atoms with Gasteiger partial charge in [0.2, 0.25) is 0 Å². The van der Waals surface area contributed by atoms with Gasteiger partial charge in [-0.3, -0.25) is 9.82 Å². The summed E-state index contributed by atoms with van der Waals surface area (Å²) < 4.78 is 27.1. The highest BCUT2D eigenvalue weighted by Crippen LogP contribution is 2.30. The molecule has 0 fully saturated rings. The lowest BCUT2D eigenvalue weighted by molar-refractivity contribution is 0.567. The van der Waals surface area contributed by atoms with E-state index in [1.54, 1.807) is 12.1 Å². The molecule has 0 unspecified atom stereocenters. The molecule has 1 aromatic heterocycles.